The molecule has 2 heterocycles. The zero-order valence-electron chi connectivity index (χ0n) is 10.2. The first-order valence-electron chi connectivity index (χ1n) is 5.83. The monoisotopic (exact) mass is 324 g/mol. The largest absolute Gasteiger partial charge is 0.326 e. The van der Waals surface area contributed by atoms with Crippen LogP contribution in [-0.4, -0.2) is 34.4 Å². The quantitative estimate of drug-likeness (QED) is 0.814. The fraction of sp³-hybridized carbons (Fsp3) is 0.600. The van der Waals surface area contributed by atoms with E-state index in [-0.39, 0.29) is 22.9 Å². The number of nitrogens with two attached hydrogens (primary N) is 1. The van der Waals surface area contributed by atoms with Gasteiger partial charge >= 0.3 is 0 Å². The Kier molecular flexibility index (Phi) is 4.31. The molecule has 6 nitrogen and oxygen atoms in total. The molecular weight excluding hydrogens is 308 g/mol. The van der Waals surface area contributed by atoms with Gasteiger partial charge < -0.3 is 5.73 Å². The van der Waals surface area contributed by atoms with Gasteiger partial charge in [-0.25, -0.2) is 21.6 Å². The van der Waals surface area contributed by atoms with Gasteiger partial charge in [0.05, 0.1) is 16.4 Å². The first kappa shape index (κ1) is 14.9. The molecule has 0 saturated carbocycles. The van der Waals surface area contributed by atoms with Gasteiger partial charge in [0.2, 0.25) is 10.0 Å². The minimum Gasteiger partial charge on any atom is -0.326 e. The van der Waals surface area contributed by atoms with Crippen molar-refractivity contribution in [1.29, 1.82) is 0 Å². The van der Waals surface area contributed by atoms with E-state index < -0.39 is 25.9 Å². The summed E-state index contributed by atoms with van der Waals surface area (Å²) < 4.78 is 49.6. The highest BCUT2D eigenvalue weighted by Gasteiger charge is 2.29. The Morgan fingerprint density at radius 1 is 1.47 bits per heavy atom. The second-order valence-electron chi connectivity index (χ2n) is 4.53. The van der Waals surface area contributed by atoms with E-state index in [9.17, 15) is 16.8 Å². The first-order chi connectivity index (χ1) is 8.82. The van der Waals surface area contributed by atoms with E-state index >= 15 is 0 Å². The second-order valence-corrected chi connectivity index (χ2v) is 9.47. The van der Waals surface area contributed by atoms with Crippen molar-refractivity contribution < 1.29 is 16.8 Å². The van der Waals surface area contributed by atoms with Crippen LogP contribution in [0.1, 0.15) is 17.7 Å². The van der Waals surface area contributed by atoms with Gasteiger partial charge in [0.1, 0.15) is 0 Å². The van der Waals surface area contributed by atoms with Crippen LogP contribution in [-0.2, 0) is 26.4 Å². The minimum absolute atomic E-state index is 0.125. The van der Waals surface area contributed by atoms with E-state index in [2.05, 4.69) is 4.72 Å². The SMILES string of the molecule is NCc1cc(S(=O)(=O)NC2CCCS(=O)(=O)C2)cs1. The molecule has 0 aromatic carbocycles. The Bertz CT molecular complexity index is 648. The van der Waals surface area contributed by atoms with Crippen molar-refractivity contribution in [3.05, 3.63) is 16.3 Å². The third-order valence-corrected chi connectivity index (χ3v) is 7.36. The summed E-state index contributed by atoms with van der Waals surface area (Å²) in [6, 6.07) is 0.981. The van der Waals surface area contributed by atoms with E-state index in [0.29, 0.717) is 12.8 Å². The molecule has 1 aromatic heterocycles. The number of hydrogen-bond acceptors (Lipinski definition) is 6. The van der Waals surface area contributed by atoms with Crippen molar-refractivity contribution in [3.63, 3.8) is 0 Å². The van der Waals surface area contributed by atoms with Crippen LogP contribution in [0, 0.1) is 0 Å². The summed E-state index contributed by atoms with van der Waals surface area (Å²) in [7, 11) is -6.79. The average molecular weight is 324 g/mol. The molecule has 9 heteroatoms. The van der Waals surface area contributed by atoms with Crippen LogP contribution < -0.4 is 10.5 Å². The third-order valence-electron chi connectivity index (χ3n) is 2.93. The first-order valence-corrected chi connectivity index (χ1v) is 10.0. The highest BCUT2D eigenvalue weighted by molar-refractivity contribution is 7.91. The summed E-state index contributed by atoms with van der Waals surface area (Å²) in [5.41, 5.74) is 5.44. The Labute approximate surface area is 117 Å². The number of rotatable bonds is 4. The lowest BCUT2D eigenvalue weighted by Gasteiger charge is -2.22. The maximum Gasteiger partial charge on any atom is 0.241 e. The fourth-order valence-corrected chi connectivity index (χ4v) is 6.18. The lowest BCUT2D eigenvalue weighted by Crippen LogP contribution is -2.43. The van der Waals surface area contributed by atoms with Crippen molar-refractivity contribution in [2.75, 3.05) is 11.5 Å². The lowest BCUT2D eigenvalue weighted by atomic mass is 10.2. The number of sulfone groups is 1. The van der Waals surface area contributed by atoms with Crippen molar-refractivity contribution >= 4 is 31.2 Å². The predicted molar refractivity (Wildman–Crippen MR) is 74.2 cm³/mol. The van der Waals surface area contributed by atoms with Crippen LogP contribution in [0.3, 0.4) is 0 Å². The van der Waals surface area contributed by atoms with Gasteiger partial charge in [-0.2, -0.15) is 0 Å². The summed E-state index contributed by atoms with van der Waals surface area (Å²) in [4.78, 5) is 0.928. The minimum atomic E-state index is -3.66. The lowest BCUT2D eigenvalue weighted by molar-refractivity contribution is 0.517. The molecule has 3 N–H and O–H groups in total. The zero-order valence-corrected chi connectivity index (χ0v) is 12.7. The topological polar surface area (TPSA) is 106 Å². The van der Waals surface area contributed by atoms with Crippen LogP contribution in [0.2, 0.25) is 0 Å². The maximum absolute atomic E-state index is 12.1. The molecule has 19 heavy (non-hydrogen) atoms. The van der Waals surface area contributed by atoms with Crippen LogP contribution in [0.15, 0.2) is 16.3 Å². The molecule has 1 aromatic rings. The van der Waals surface area contributed by atoms with E-state index in [0.717, 1.165) is 4.88 Å². The molecular formula is C10H16N2O4S3. The Morgan fingerprint density at radius 2 is 2.21 bits per heavy atom. The smallest absolute Gasteiger partial charge is 0.241 e. The summed E-state index contributed by atoms with van der Waals surface area (Å²) in [5, 5.41) is 1.52. The summed E-state index contributed by atoms with van der Waals surface area (Å²) in [6.45, 7) is 0.290. The van der Waals surface area contributed by atoms with Crippen LogP contribution in [0.4, 0.5) is 0 Å². The van der Waals surface area contributed by atoms with Gasteiger partial charge in [0.15, 0.2) is 9.84 Å². The molecule has 0 aliphatic carbocycles. The Balaban J connectivity index is 2.13. The number of sulfonamides is 1. The van der Waals surface area contributed by atoms with Gasteiger partial charge in [0.25, 0.3) is 0 Å². The van der Waals surface area contributed by atoms with Gasteiger partial charge in [-0.1, -0.05) is 0 Å². The summed E-state index contributed by atoms with van der Waals surface area (Å²) in [6.07, 6.45) is 1.04. The molecule has 0 amide bonds. The molecule has 1 unspecified atom stereocenters. The second kappa shape index (κ2) is 5.49. The van der Waals surface area contributed by atoms with Gasteiger partial charge in [-0.05, 0) is 18.9 Å². The summed E-state index contributed by atoms with van der Waals surface area (Å²) >= 11 is 1.28. The molecule has 1 saturated heterocycles. The highest BCUT2D eigenvalue weighted by atomic mass is 32.2. The highest BCUT2D eigenvalue weighted by Crippen LogP contribution is 2.20. The van der Waals surface area contributed by atoms with Crippen LogP contribution in [0.25, 0.3) is 0 Å². The molecule has 0 spiro atoms. The molecule has 0 radical (unpaired) electrons. The van der Waals surface area contributed by atoms with E-state index in [1.165, 1.54) is 22.8 Å². The normalized spacial score (nSPS) is 23.3. The summed E-state index contributed by atoms with van der Waals surface area (Å²) in [5.74, 6) is 0.0150. The number of hydrogen-bond donors (Lipinski definition) is 2. The zero-order chi connectivity index (χ0) is 14.1. The number of nitrogens with one attached hydrogen (secondary N) is 1. The molecule has 0 bridgehead atoms. The molecule has 2 rings (SSSR count). The molecule has 1 aliphatic rings. The van der Waals surface area contributed by atoms with Gasteiger partial charge in [-0.3, -0.25) is 0 Å². The van der Waals surface area contributed by atoms with Crippen LogP contribution in [0.5, 0.6) is 0 Å². The molecule has 1 atom stereocenters. The predicted octanol–water partition coefficient (Wildman–Crippen LogP) is 0.0623. The van der Waals surface area contributed by atoms with Crippen molar-refractivity contribution in [2.45, 2.75) is 30.3 Å². The maximum atomic E-state index is 12.1. The Hall–Kier alpha value is -0.480. The van der Waals surface area contributed by atoms with E-state index in [1.54, 1.807) is 0 Å². The number of thiophene rings is 1. The van der Waals surface area contributed by atoms with Crippen LogP contribution >= 0.6 is 11.3 Å². The van der Waals surface area contributed by atoms with Crippen molar-refractivity contribution in [2.24, 2.45) is 5.73 Å². The van der Waals surface area contributed by atoms with Crippen molar-refractivity contribution in [1.82, 2.24) is 4.72 Å². The molecule has 1 fully saturated rings. The standard InChI is InChI=1S/C10H16N2O4S3/c11-5-9-4-10(6-17-9)19(15,16)12-8-2-1-3-18(13,14)7-8/h4,6,8,12H,1-3,5,7,11H2. The van der Waals surface area contributed by atoms with Gasteiger partial charge in [-0.15, -0.1) is 11.3 Å². The molecule has 108 valence electrons. The van der Waals surface area contributed by atoms with E-state index in [4.69, 9.17) is 5.73 Å². The van der Waals surface area contributed by atoms with E-state index in [1.807, 2.05) is 0 Å². The molecule has 1 aliphatic heterocycles. The fourth-order valence-electron chi connectivity index (χ4n) is 2.01. The van der Waals surface area contributed by atoms with Crippen molar-refractivity contribution in [3.8, 4) is 0 Å². The third kappa shape index (κ3) is 3.76. The average Bonchev–Trinajstić information content (AvgIpc) is 2.76. The van der Waals surface area contributed by atoms with Gasteiger partial charge in [0, 0.05) is 22.8 Å². The Morgan fingerprint density at radius 3 is 2.79 bits per heavy atom.